The van der Waals surface area contributed by atoms with E-state index in [2.05, 4.69) is 15.1 Å². The number of hydrogen-bond donors (Lipinski definition) is 1. The Bertz CT molecular complexity index is 1770. The number of nitrogens with zero attached hydrogens (tertiary/aromatic N) is 5. The zero-order valence-electron chi connectivity index (χ0n) is 24.9. The Hall–Kier alpha value is -3.13. The average molecular weight is 601 g/mol. The summed E-state index contributed by atoms with van der Waals surface area (Å²) >= 11 is 0. The minimum Gasteiger partial charge on any atom is -0.461 e. The van der Waals surface area contributed by atoms with Crippen molar-refractivity contribution in [1.29, 1.82) is 0 Å². The lowest BCUT2D eigenvalue weighted by Gasteiger charge is -2.34. The first-order valence-corrected chi connectivity index (χ1v) is 18.2. The van der Waals surface area contributed by atoms with E-state index in [0.29, 0.717) is 40.8 Å². The summed E-state index contributed by atoms with van der Waals surface area (Å²) in [7, 11) is -2.61. The van der Waals surface area contributed by atoms with Gasteiger partial charge in [-0.2, -0.15) is 9.97 Å². The molecule has 4 fully saturated rings. The molecule has 10 heteroatoms. The number of anilines is 1. The SMILES string of the molecule is CP(C)(=O)c1cc(-c2ncc3c(N4C[C@H]5CC[C@@H](C4)N5)nc(OCC45CCCN4CCC5)nc3c2F)c2ccccc2c1. The van der Waals surface area contributed by atoms with Gasteiger partial charge in [-0.15, -0.1) is 0 Å². The number of benzene rings is 2. The average Bonchev–Trinajstić information content (AvgIpc) is 3.68. The molecule has 4 saturated heterocycles. The fourth-order valence-electron chi connectivity index (χ4n) is 7.95. The highest BCUT2D eigenvalue weighted by atomic mass is 31.2. The van der Waals surface area contributed by atoms with Crippen LogP contribution in [0.4, 0.5) is 10.2 Å². The Balaban J connectivity index is 1.27. The summed E-state index contributed by atoms with van der Waals surface area (Å²) in [4.78, 5) is 19.2. The lowest BCUT2D eigenvalue weighted by Crippen LogP contribution is -2.51. The van der Waals surface area contributed by atoms with Crippen LogP contribution in [0.25, 0.3) is 32.9 Å². The first kappa shape index (κ1) is 27.4. The Morgan fingerprint density at radius 1 is 1.05 bits per heavy atom. The van der Waals surface area contributed by atoms with E-state index in [1.165, 1.54) is 12.8 Å². The van der Waals surface area contributed by atoms with E-state index in [0.717, 1.165) is 62.6 Å². The van der Waals surface area contributed by atoms with Gasteiger partial charge in [0.05, 0.1) is 10.9 Å². The number of fused-ring (bicyclic) bond motifs is 5. The predicted octanol–water partition coefficient (Wildman–Crippen LogP) is 5.18. The van der Waals surface area contributed by atoms with Gasteiger partial charge >= 0.3 is 6.01 Å². The van der Waals surface area contributed by atoms with Crippen molar-refractivity contribution in [3.8, 4) is 17.3 Å². The molecule has 0 radical (unpaired) electrons. The number of halogens is 1. The summed E-state index contributed by atoms with van der Waals surface area (Å²) in [5.74, 6) is 0.184. The highest BCUT2D eigenvalue weighted by molar-refractivity contribution is 7.70. The third-order valence-electron chi connectivity index (χ3n) is 10.2. The fourth-order valence-corrected chi connectivity index (χ4v) is 8.84. The maximum Gasteiger partial charge on any atom is 0.319 e. The molecule has 0 aliphatic carbocycles. The zero-order chi connectivity index (χ0) is 29.3. The highest BCUT2D eigenvalue weighted by Gasteiger charge is 2.45. The monoisotopic (exact) mass is 600 g/mol. The lowest BCUT2D eigenvalue weighted by atomic mass is 9.95. The zero-order valence-corrected chi connectivity index (χ0v) is 25.7. The Morgan fingerprint density at radius 3 is 2.53 bits per heavy atom. The van der Waals surface area contributed by atoms with E-state index < -0.39 is 13.0 Å². The summed E-state index contributed by atoms with van der Waals surface area (Å²) in [6, 6.07) is 12.6. The first-order valence-electron chi connectivity index (χ1n) is 15.6. The maximum absolute atomic E-state index is 16.8. The first-order chi connectivity index (χ1) is 20.8. The summed E-state index contributed by atoms with van der Waals surface area (Å²) in [6.45, 7) is 7.81. The lowest BCUT2D eigenvalue weighted by molar-refractivity contribution is 0.108. The van der Waals surface area contributed by atoms with Crippen molar-refractivity contribution < 1.29 is 13.7 Å². The van der Waals surface area contributed by atoms with Gasteiger partial charge in [0.25, 0.3) is 0 Å². The standard InChI is InChI=1S/C33H38FN6O2P/c1-43(2,41)24-15-21-7-3-4-8-25(21)26(16-24)29-28(34)30-27(17-35-29)31(39-18-22-9-10-23(19-39)36-22)38-32(37-30)42-20-33-11-5-13-40(33)14-6-12-33/h3-4,7-8,15-17,22-23,36H,5-6,9-14,18-20H2,1-2H3/t22-,23+. The molecule has 2 aromatic carbocycles. The van der Waals surface area contributed by atoms with Crippen molar-refractivity contribution in [2.75, 3.05) is 51.0 Å². The van der Waals surface area contributed by atoms with Gasteiger partial charge in [-0.25, -0.2) is 4.39 Å². The molecule has 4 aliphatic rings. The Morgan fingerprint density at radius 2 is 1.79 bits per heavy atom. The van der Waals surface area contributed by atoms with E-state index in [9.17, 15) is 4.57 Å². The van der Waals surface area contributed by atoms with Crippen LogP contribution in [0.2, 0.25) is 0 Å². The Kier molecular flexibility index (Phi) is 6.51. The van der Waals surface area contributed by atoms with E-state index >= 15 is 4.39 Å². The normalized spacial score (nSPS) is 23.4. The van der Waals surface area contributed by atoms with Gasteiger partial charge in [-0.3, -0.25) is 9.88 Å². The van der Waals surface area contributed by atoms with Crippen LogP contribution in [0.5, 0.6) is 6.01 Å². The molecule has 8 rings (SSSR count). The minimum atomic E-state index is -2.61. The molecule has 0 spiro atoms. The molecule has 43 heavy (non-hydrogen) atoms. The number of hydrogen-bond acceptors (Lipinski definition) is 8. The van der Waals surface area contributed by atoms with E-state index in [1.54, 1.807) is 19.5 Å². The smallest absolute Gasteiger partial charge is 0.319 e. The second kappa shape index (κ2) is 10.2. The molecule has 0 amide bonds. The molecule has 2 atom stereocenters. The largest absolute Gasteiger partial charge is 0.461 e. The van der Waals surface area contributed by atoms with Crippen LogP contribution in [-0.2, 0) is 4.57 Å². The number of aromatic nitrogens is 3. The van der Waals surface area contributed by atoms with Crippen LogP contribution in [-0.4, -0.2) is 83.6 Å². The quantitative estimate of drug-likeness (QED) is 0.303. The second-order valence-corrected chi connectivity index (χ2v) is 16.5. The van der Waals surface area contributed by atoms with Crippen LogP contribution < -0.4 is 20.3 Å². The molecule has 4 aliphatic heterocycles. The van der Waals surface area contributed by atoms with Crippen molar-refractivity contribution in [2.24, 2.45) is 0 Å². The summed E-state index contributed by atoms with van der Waals surface area (Å²) < 4.78 is 36.4. The number of ether oxygens (including phenoxy) is 1. The van der Waals surface area contributed by atoms with Gasteiger partial charge in [-0.05, 0) is 87.8 Å². The number of pyridine rings is 1. The van der Waals surface area contributed by atoms with Crippen molar-refractivity contribution in [2.45, 2.75) is 56.1 Å². The Labute approximate surface area is 251 Å². The van der Waals surface area contributed by atoms with E-state index in [4.69, 9.17) is 19.7 Å². The number of rotatable bonds is 6. The van der Waals surface area contributed by atoms with E-state index in [-0.39, 0.29) is 22.8 Å². The number of piperazine rings is 1. The van der Waals surface area contributed by atoms with Gasteiger partial charge in [0.1, 0.15) is 30.8 Å². The molecular formula is C33H38FN6O2P. The fraction of sp³-hybridized carbons (Fsp3) is 0.485. The molecule has 0 unspecified atom stereocenters. The number of nitrogens with one attached hydrogen (secondary N) is 1. The van der Waals surface area contributed by atoms with Gasteiger partial charge in [0, 0.05) is 42.2 Å². The van der Waals surface area contributed by atoms with Crippen LogP contribution in [0.3, 0.4) is 0 Å². The molecule has 2 bridgehead atoms. The van der Waals surface area contributed by atoms with Crippen molar-refractivity contribution >= 4 is 39.9 Å². The van der Waals surface area contributed by atoms with Crippen molar-refractivity contribution in [3.05, 3.63) is 48.4 Å². The highest BCUT2D eigenvalue weighted by Crippen LogP contribution is 2.42. The van der Waals surface area contributed by atoms with Gasteiger partial charge in [-0.1, -0.05) is 24.3 Å². The summed E-state index contributed by atoms with van der Waals surface area (Å²) in [5, 5.41) is 6.73. The maximum atomic E-state index is 16.8. The molecule has 1 N–H and O–H groups in total. The summed E-state index contributed by atoms with van der Waals surface area (Å²) in [5.41, 5.74) is 1.06. The summed E-state index contributed by atoms with van der Waals surface area (Å²) in [6.07, 6.45) is 8.55. The van der Waals surface area contributed by atoms with Crippen LogP contribution >= 0.6 is 7.14 Å². The topological polar surface area (TPSA) is 83.5 Å². The van der Waals surface area contributed by atoms with Crippen molar-refractivity contribution in [3.63, 3.8) is 0 Å². The van der Waals surface area contributed by atoms with Gasteiger partial charge in [0.2, 0.25) is 0 Å². The molecular weight excluding hydrogens is 562 g/mol. The molecule has 224 valence electrons. The van der Waals surface area contributed by atoms with Gasteiger partial charge < -0.3 is 19.5 Å². The third-order valence-corrected chi connectivity index (χ3v) is 11.7. The molecule has 0 saturated carbocycles. The van der Waals surface area contributed by atoms with Crippen LogP contribution in [0.1, 0.15) is 38.5 Å². The van der Waals surface area contributed by atoms with Gasteiger partial charge in [0.15, 0.2) is 5.82 Å². The molecule has 2 aromatic heterocycles. The third kappa shape index (κ3) is 4.71. The van der Waals surface area contributed by atoms with Crippen LogP contribution in [0.15, 0.2) is 42.6 Å². The second-order valence-electron chi connectivity index (χ2n) is 13.3. The van der Waals surface area contributed by atoms with Crippen LogP contribution in [0, 0.1) is 5.82 Å². The predicted molar refractivity (Wildman–Crippen MR) is 170 cm³/mol. The molecule has 4 aromatic rings. The molecule has 8 nitrogen and oxygen atoms in total. The van der Waals surface area contributed by atoms with Crippen molar-refractivity contribution in [1.82, 2.24) is 25.2 Å². The molecule has 6 heterocycles. The van der Waals surface area contributed by atoms with E-state index in [1.807, 2.05) is 36.4 Å². The minimum absolute atomic E-state index is 0.0299.